The first-order valence-corrected chi connectivity index (χ1v) is 7.01. The molecule has 0 amide bonds. The van der Waals surface area contributed by atoms with Crippen LogP contribution in [0.3, 0.4) is 0 Å². The van der Waals surface area contributed by atoms with Gasteiger partial charge in [0, 0.05) is 12.6 Å². The van der Waals surface area contributed by atoms with Gasteiger partial charge in [-0.3, -0.25) is 4.79 Å². The van der Waals surface area contributed by atoms with Crippen LogP contribution in [0.2, 0.25) is 0 Å². The SMILES string of the molecule is CCOC(=O)CCCCCSc1ccccn1. The molecule has 0 bridgehead atoms. The Labute approximate surface area is 107 Å². The fraction of sp³-hybridized carbons (Fsp3) is 0.538. The smallest absolute Gasteiger partial charge is 0.305 e. The zero-order valence-electron chi connectivity index (χ0n) is 10.2. The molecule has 0 unspecified atom stereocenters. The number of pyridine rings is 1. The van der Waals surface area contributed by atoms with Crippen molar-refractivity contribution < 1.29 is 9.53 Å². The summed E-state index contributed by atoms with van der Waals surface area (Å²) < 4.78 is 4.86. The van der Waals surface area contributed by atoms with Crippen LogP contribution in [-0.4, -0.2) is 23.3 Å². The molecule has 0 saturated carbocycles. The van der Waals surface area contributed by atoms with E-state index in [1.54, 1.807) is 11.8 Å². The van der Waals surface area contributed by atoms with Crippen molar-refractivity contribution in [3.05, 3.63) is 24.4 Å². The number of rotatable bonds is 8. The maximum atomic E-state index is 11.1. The molecule has 17 heavy (non-hydrogen) atoms. The molecule has 1 aromatic heterocycles. The number of carbonyl (C=O) groups excluding carboxylic acids is 1. The Morgan fingerprint density at radius 2 is 2.24 bits per heavy atom. The van der Waals surface area contributed by atoms with E-state index >= 15 is 0 Å². The summed E-state index contributed by atoms with van der Waals surface area (Å²) in [5.74, 6) is 0.977. The number of hydrogen-bond donors (Lipinski definition) is 0. The number of esters is 1. The summed E-state index contributed by atoms with van der Waals surface area (Å²) in [5.41, 5.74) is 0. The Bertz CT molecular complexity index is 316. The van der Waals surface area contributed by atoms with E-state index in [-0.39, 0.29) is 5.97 Å². The second-order valence-corrected chi connectivity index (χ2v) is 4.75. The number of hydrogen-bond acceptors (Lipinski definition) is 4. The molecule has 0 saturated heterocycles. The number of carbonyl (C=O) groups is 1. The molecule has 0 fully saturated rings. The molecule has 4 heteroatoms. The van der Waals surface area contributed by atoms with Crippen LogP contribution in [-0.2, 0) is 9.53 Å². The van der Waals surface area contributed by atoms with Crippen molar-refractivity contribution in [2.75, 3.05) is 12.4 Å². The van der Waals surface area contributed by atoms with Crippen LogP contribution >= 0.6 is 11.8 Å². The molecule has 0 spiro atoms. The number of ether oxygens (including phenoxy) is 1. The highest BCUT2D eigenvalue weighted by Crippen LogP contribution is 2.16. The zero-order valence-corrected chi connectivity index (χ0v) is 11.0. The van der Waals surface area contributed by atoms with E-state index in [0.29, 0.717) is 13.0 Å². The number of aromatic nitrogens is 1. The minimum atomic E-state index is -0.0788. The lowest BCUT2D eigenvalue weighted by atomic mass is 10.2. The Hall–Kier alpha value is -1.03. The highest BCUT2D eigenvalue weighted by molar-refractivity contribution is 7.99. The molecule has 0 aliphatic rings. The number of nitrogens with zero attached hydrogens (tertiary/aromatic N) is 1. The Morgan fingerprint density at radius 3 is 2.94 bits per heavy atom. The van der Waals surface area contributed by atoms with Gasteiger partial charge in [0.1, 0.15) is 0 Å². The van der Waals surface area contributed by atoms with Crippen LogP contribution < -0.4 is 0 Å². The summed E-state index contributed by atoms with van der Waals surface area (Å²) in [5, 5.41) is 1.07. The van der Waals surface area contributed by atoms with Gasteiger partial charge >= 0.3 is 5.97 Å². The van der Waals surface area contributed by atoms with Gasteiger partial charge in [0.15, 0.2) is 0 Å². The molecule has 1 aromatic rings. The molecule has 0 atom stereocenters. The van der Waals surface area contributed by atoms with Crippen molar-refractivity contribution >= 4 is 17.7 Å². The van der Waals surface area contributed by atoms with E-state index in [1.165, 1.54) is 0 Å². The Kier molecular flexibility index (Phi) is 7.47. The van der Waals surface area contributed by atoms with Crippen LogP contribution in [0.25, 0.3) is 0 Å². The average molecular weight is 253 g/mol. The third-order valence-corrected chi connectivity index (χ3v) is 3.25. The van der Waals surface area contributed by atoms with Crippen molar-refractivity contribution in [1.29, 1.82) is 0 Å². The quantitative estimate of drug-likeness (QED) is 0.405. The lowest BCUT2D eigenvalue weighted by Crippen LogP contribution is -2.03. The van der Waals surface area contributed by atoms with E-state index in [9.17, 15) is 4.79 Å². The molecule has 0 aromatic carbocycles. The average Bonchev–Trinajstić information content (AvgIpc) is 2.35. The molecule has 0 aliphatic heterocycles. The predicted octanol–water partition coefficient (Wildman–Crippen LogP) is 3.30. The third-order valence-electron chi connectivity index (χ3n) is 2.22. The first kappa shape index (κ1) is 14.0. The zero-order chi connectivity index (χ0) is 12.3. The van der Waals surface area contributed by atoms with E-state index in [0.717, 1.165) is 30.0 Å². The third kappa shape index (κ3) is 7.00. The summed E-state index contributed by atoms with van der Waals surface area (Å²) in [6.45, 7) is 2.32. The highest BCUT2D eigenvalue weighted by atomic mass is 32.2. The van der Waals surface area contributed by atoms with Gasteiger partial charge in [-0.25, -0.2) is 4.98 Å². The van der Waals surface area contributed by atoms with Gasteiger partial charge in [-0.1, -0.05) is 12.5 Å². The first-order valence-electron chi connectivity index (χ1n) is 6.02. The molecule has 1 rings (SSSR count). The predicted molar refractivity (Wildman–Crippen MR) is 70.1 cm³/mol. The fourth-order valence-electron chi connectivity index (χ4n) is 1.39. The summed E-state index contributed by atoms with van der Waals surface area (Å²) in [6, 6.07) is 5.93. The lowest BCUT2D eigenvalue weighted by Gasteiger charge is -2.02. The monoisotopic (exact) mass is 253 g/mol. The fourth-order valence-corrected chi connectivity index (χ4v) is 2.26. The minimum Gasteiger partial charge on any atom is -0.466 e. The van der Waals surface area contributed by atoms with Gasteiger partial charge < -0.3 is 4.74 Å². The van der Waals surface area contributed by atoms with Gasteiger partial charge in [-0.2, -0.15) is 0 Å². The summed E-state index contributed by atoms with van der Waals surface area (Å²) in [4.78, 5) is 15.3. The van der Waals surface area contributed by atoms with Crippen LogP contribution in [0.5, 0.6) is 0 Å². The van der Waals surface area contributed by atoms with E-state index in [1.807, 2.05) is 31.3 Å². The van der Waals surface area contributed by atoms with Gasteiger partial charge in [0.25, 0.3) is 0 Å². The van der Waals surface area contributed by atoms with Crippen molar-refractivity contribution in [1.82, 2.24) is 4.98 Å². The minimum absolute atomic E-state index is 0.0788. The standard InChI is InChI=1S/C13H19NO2S/c1-2-16-13(15)9-4-3-7-11-17-12-8-5-6-10-14-12/h5-6,8,10H,2-4,7,9,11H2,1H3. The van der Waals surface area contributed by atoms with Gasteiger partial charge in [0.2, 0.25) is 0 Å². The first-order chi connectivity index (χ1) is 8.33. The molecule has 0 radical (unpaired) electrons. The van der Waals surface area contributed by atoms with Crippen LogP contribution in [0.1, 0.15) is 32.6 Å². The van der Waals surface area contributed by atoms with Crippen molar-refractivity contribution in [2.24, 2.45) is 0 Å². The Balaban J connectivity index is 1.96. The largest absolute Gasteiger partial charge is 0.466 e. The van der Waals surface area contributed by atoms with Crippen LogP contribution in [0.4, 0.5) is 0 Å². The van der Waals surface area contributed by atoms with Crippen molar-refractivity contribution in [3.63, 3.8) is 0 Å². The maximum absolute atomic E-state index is 11.1. The topological polar surface area (TPSA) is 39.2 Å². The molecular weight excluding hydrogens is 234 g/mol. The summed E-state index contributed by atoms with van der Waals surface area (Å²) in [7, 11) is 0. The van der Waals surface area contributed by atoms with Crippen LogP contribution in [0.15, 0.2) is 29.4 Å². The highest BCUT2D eigenvalue weighted by Gasteiger charge is 2.00. The van der Waals surface area contributed by atoms with E-state index < -0.39 is 0 Å². The van der Waals surface area contributed by atoms with Crippen LogP contribution in [0, 0.1) is 0 Å². The van der Waals surface area contributed by atoms with Gasteiger partial charge in [0.05, 0.1) is 11.6 Å². The van der Waals surface area contributed by atoms with Crippen molar-refractivity contribution in [3.8, 4) is 0 Å². The van der Waals surface area contributed by atoms with E-state index in [4.69, 9.17) is 4.74 Å². The number of thioether (sulfide) groups is 1. The lowest BCUT2D eigenvalue weighted by molar-refractivity contribution is -0.143. The normalized spacial score (nSPS) is 10.2. The molecule has 94 valence electrons. The number of unbranched alkanes of at least 4 members (excludes halogenated alkanes) is 2. The Morgan fingerprint density at radius 1 is 1.35 bits per heavy atom. The maximum Gasteiger partial charge on any atom is 0.305 e. The molecule has 0 N–H and O–H groups in total. The second kappa shape index (κ2) is 9.05. The summed E-state index contributed by atoms with van der Waals surface area (Å²) >= 11 is 1.76. The molecule has 3 nitrogen and oxygen atoms in total. The van der Waals surface area contributed by atoms with Gasteiger partial charge in [-0.15, -0.1) is 11.8 Å². The molecular formula is C13H19NO2S. The van der Waals surface area contributed by atoms with Gasteiger partial charge in [-0.05, 0) is 37.7 Å². The van der Waals surface area contributed by atoms with E-state index in [2.05, 4.69) is 4.98 Å². The molecule has 1 heterocycles. The van der Waals surface area contributed by atoms with Crippen molar-refractivity contribution in [2.45, 2.75) is 37.6 Å². The summed E-state index contributed by atoms with van der Waals surface area (Å²) in [6.07, 6.45) is 5.45. The second-order valence-electron chi connectivity index (χ2n) is 3.63. The molecule has 0 aliphatic carbocycles.